The zero-order chi connectivity index (χ0) is 16.8. The number of imidazole rings is 1. The Labute approximate surface area is 137 Å². The fraction of sp³-hybridized carbons (Fsp3) is 0.294. The summed E-state index contributed by atoms with van der Waals surface area (Å²) in [4.78, 5) is 10.8. The highest BCUT2D eigenvalue weighted by molar-refractivity contribution is 5.72. The molecule has 0 amide bonds. The molecule has 124 valence electrons. The Hall–Kier alpha value is -2.67. The zero-order valence-electron chi connectivity index (χ0n) is 13.1. The molecule has 0 spiro atoms. The molecular formula is C17H17FN4O2. The molecule has 3 heterocycles. The summed E-state index contributed by atoms with van der Waals surface area (Å²) >= 11 is 0. The van der Waals surface area contributed by atoms with E-state index in [0.29, 0.717) is 47.8 Å². The first-order chi connectivity index (χ1) is 11.5. The predicted molar refractivity (Wildman–Crippen MR) is 87.6 cm³/mol. The third-order valence-electron chi connectivity index (χ3n) is 4.43. The van der Waals surface area contributed by atoms with Crippen LogP contribution in [0.1, 0.15) is 12.0 Å². The summed E-state index contributed by atoms with van der Waals surface area (Å²) in [6.45, 7) is 2.95. The fourth-order valence-electron chi connectivity index (χ4n) is 3.13. The van der Waals surface area contributed by atoms with E-state index in [1.807, 2.05) is 4.90 Å². The van der Waals surface area contributed by atoms with Gasteiger partial charge in [0.15, 0.2) is 11.5 Å². The molecule has 0 saturated carbocycles. The third-order valence-corrected chi connectivity index (χ3v) is 4.43. The maximum Gasteiger partial charge on any atom is 0.180 e. The Balaban J connectivity index is 1.86. The standard InChI is InChI=1S/C17H17FN4O2/c1-10-6-12(13(18)7-15(10)24)14-8-20-17-16(19-3-5-22(14)17)21-4-2-11(23)9-21/h3,5-8,11,23-24H,2,4,9H2,1H3. The van der Waals surface area contributed by atoms with Gasteiger partial charge in [0.25, 0.3) is 0 Å². The van der Waals surface area contributed by atoms with Crippen molar-refractivity contribution in [1.82, 2.24) is 14.4 Å². The van der Waals surface area contributed by atoms with Crippen molar-refractivity contribution in [2.24, 2.45) is 0 Å². The maximum atomic E-state index is 14.3. The predicted octanol–water partition coefficient (Wildman–Crippen LogP) is 2.12. The topological polar surface area (TPSA) is 73.9 Å². The van der Waals surface area contributed by atoms with Crippen molar-refractivity contribution in [1.29, 1.82) is 0 Å². The van der Waals surface area contributed by atoms with Crippen LogP contribution in [0.3, 0.4) is 0 Å². The molecule has 3 aromatic rings. The van der Waals surface area contributed by atoms with Crippen molar-refractivity contribution in [3.8, 4) is 17.0 Å². The average molecular weight is 328 g/mol. The fourth-order valence-corrected chi connectivity index (χ4v) is 3.13. The van der Waals surface area contributed by atoms with Gasteiger partial charge in [-0.05, 0) is 25.0 Å². The Morgan fingerprint density at radius 1 is 1.29 bits per heavy atom. The minimum Gasteiger partial charge on any atom is -0.508 e. The van der Waals surface area contributed by atoms with Gasteiger partial charge in [0.2, 0.25) is 0 Å². The van der Waals surface area contributed by atoms with Gasteiger partial charge in [0.05, 0.1) is 18.0 Å². The number of nitrogens with zero attached hydrogens (tertiary/aromatic N) is 4. The number of aromatic hydroxyl groups is 1. The molecule has 1 atom stereocenters. The Morgan fingerprint density at radius 3 is 2.88 bits per heavy atom. The normalized spacial score (nSPS) is 17.8. The monoisotopic (exact) mass is 328 g/mol. The largest absolute Gasteiger partial charge is 0.508 e. The molecule has 1 fully saturated rings. The number of anilines is 1. The molecule has 1 saturated heterocycles. The highest BCUT2D eigenvalue weighted by Crippen LogP contribution is 2.31. The first kappa shape index (κ1) is 14.9. The van der Waals surface area contributed by atoms with Crippen molar-refractivity contribution < 1.29 is 14.6 Å². The number of hydrogen-bond donors (Lipinski definition) is 2. The second kappa shape index (κ2) is 5.45. The number of phenolic OH excluding ortho intramolecular Hbond substituents is 1. The van der Waals surface area contributed by atoms with E-state index in [4.69, 9.17) is 0 Å². The van der Waals surface area contributed by atoms with Crippen LogP contribution in [-0.2, 0) is 0 Å². The van der Waals surface area contributed by atoms with Crippen molar-refractivity contribution in [3.05, 3.63) is 42.1 Å². The van der Waals surface area contributed by atoms with Gasteiger partial charge in [-0.25, -0.2) is 14.4 Å². The van der Waals surface area contributed by atoms with Gasteiger partial charge >= 0.3 is 0 Å². The Bertz CT molecular complexity index is 924. The molecule has 0 radical (unpaired) electrons. The number of β-amino-alcohol motifs (C(OH)–C–C–N with tert-alkyl or cyclic N) is 1. The minimum atomic E-state index is -0.505. The molecule has 7 heteroatoms. The molecule has 4 rings (SSSR count). The van der Waals surface area contributed by atoms with Crippen LogP contribution in [0.4, 0.5) is 10.2 Å². The van der Waals surface area contributed by atoms with Gasteiger partial charge < -0.3 is 15.1 Å². The number of aryl methyl sites for hydroxylation is 1. The lowest BCUT2D eigenvalue weighted by atomic mass is 10.1. The molecule has 24 heavy (non-hydrogen) atoms. The van der Waals surface area contributed by atoms with E-state index in [0.717, 1.165) is 6.07 Å². The van der Waals surface area contributed by atoms with E-state index < -0.39 is 5.82 Å². The highest BCUT2D eigenvalue weighted by Gasteiger charge is 2.24. The minimum absolute atomic E-state index is 0.0709. The summed E-state index contributed by atoms with van der Waals surface area (Å²) in [5.41, 5.74) is 2.18. The molecule has 0 aliphatic carbocycles. The van der Waals surface area contributed by atoms with Gasteiger partial charge in [-0.3, -0.25) is 4.40 Å². The summed E-state index contributed by atoms with van der Waals surface area (Å²) in [6, 6.07) is 2.72. The maximum absolute atomic E-state index is 14.3. The summed E-state index contributed by atoms with van der Waals surface area (Å²) in [5, 5.41) is 19.4. The lowest BCUT2D eigenvalue weighted by Crippen LogP contribution is -2.23. The first-order valence-corrected chi connectivity index (χ1v) is 7.79. The molecule has 1 aromatic carbocycles. The smallest absolute Gasteiger partial charge is 0.180 e. The Kier molecular flexibility index (Phi) is 3.38. The quantitative estimate of drug-likeness (QED) is 0.754. The molecule has 1 aliphatic heterocycles. The van der Waals surface area contributed by atoms with Crippen LogP contribution in [-0.4, -0.2) is 43.8 Å². The van der Waals surface area contributed by atoms with E-state index in [9.17, 15) is 14.6 Å². The van der Waals surface area contributed by atoms with E-state index in [1.54, 1.807) is 36.0 Å². The second-order valence-electron chi connectivity index (χ2n) is 6.09. The molecule has 1 unspecified atom stereocenters. The van der Waals surface area contributed by atoms with Crippen LogP contribution in [0.15, 0.2) is 30.7 Å². The third kappa shape index (κ3) is 2.28. The van der Waals surface area contributed by atoms with Crippen LogP contribution < -0.4 is 4.90 Å². The number of fused-ring (bicyclic) bond motifs is 1. The van der Waals surface area contributed by atoms with Crippen LogP contribution in [0.2, 0.25) is 0 Å². The molecule has 6 nitrogen and oxygen atoms in total. The van der Waals surface area contributed by atoms with E-state index in [1.165, 1.54) is 0 Å². The summed E-state index contributed by atoms with van der Waals surface area (Å²) in [5.74, 6) is 0.101. The summed E-state index contributed by atoms with van der Waals surface area (Å²) < 4.78 is 16.1. The van der Waals surface area contributed by atoms with E-state index in [-0.39, 0.29) is 11.9 Å². The number of benzene rings is 1. The number of aliphatic hydroxyl groups excluding tert-OH is 1. The first-order valence-electron chi connectivity index (χ1n) is 7.79. The number of aliphatic hydroxyl groups is 1. The summed E-state index contributed by atoms with van der Waals surface area (Å²) in [6.07, 6.45) is 5.31. The lowest BCUT2D eigenvalue weighted by molar-refractivity contribution is 0.198. The van der Waals surface area contributed by atoms with Crippen LogP contribution in [0.5, 0.6) is 5.75 Å². The number of aromatic nitrogens is 3. The number of phenols is 1. The number of halogens is 1. The number of hydrogen-bond acceptors (Lipinski definition) is 5. The lowest BCUT2D eigenvalue weighted by Gasteiger charge is -2.17. The molecule has 0 bridgehead atoms. The average Bonchev–Trinajstić information content (AvgIpc) is 3.17. The molecule has 2 aromatic heterocycles. The summed E-state index contributed by atoms with van der Waals surface area (Å²) in [7, 11) is 0. The zero-order valence-corrected chi connectivity index (χ0v) is 13.1. The van der Waals surface area contributed by atoms with Crippen LogP contribution in [0, 0.1) is 12.7 Å². The highest BCUT2D eigenvalue weighted by atomic mass is 19.1. The van der Waals surface area contributed by atoms with Crippen LogP contribution >= 0.6 is 0 Å². The van der Waals surface area contributed by atoms with Gasteiger partial charge in [-0.1, -0.05) is 0 Å². The molecule has 2 N–H and O–H groups in total. The van der Waals surface area contributed by atoms with Gasteiger partial charge in [0, 0.05) is 37.1 Å². The molecule has 1 aliphatic rings. The van der Waals surface area contributed by atoms with E-state index in [2.05, 4.69) is 9.97 Å². The van der Waals surface area contributed by atoms with Crippen molar-refractivity contribution >= 4 is 11.5 Å². The van der Waals surface area contributed by atoms with Crippen molar-refractivity contribution in [2.45, 2.75) is 19.4 Å². The van der Waals surface area contributed by atoms with Crippen molar-refractivity contribution in [2.75, 3.05) is 18.0 Å². The van der Waals surface area contributed by atoms with Gasteiger partial charge in [-0.2, -0.15) is 0 Å². The van der Waals surface area contributed by atoms with Gasteiger partial charge in [-0.15, -0.1) is 0 Å². The second-order valence-corrected chi connectivity index (χ2v) is 6.09. The van der Waals surface area contributed by atoms with E-state index >= 15 is 0 Å². The van der Waals surface area contributed by atoms with Crippen molar-refractivity contribution in [3.63, 3.8) is 0 Å². The van der Waals surface area contributed by atoms with Crippen LogP contribution in [0.25, 0.3) is 16.9 Å². The Morgan fingerprint density at radius 2 is 2.12 bits per heavy atom. The number of rotatable bonds is 2. The SMILES string of the molecule is Cc1cc(-c2cnc3c(N4CCC(O)C4)nccn23)c(F)cc1O. The molecular weight excluding hydrogens is 311 g/mol. The van der Waals surface area contributed by atoms with Gasteiger partial charge in [0.1, 0.15) is 11.6 Å².